The molecule has 0 bridgehead atoms. The molecule has 22 heavy (non-hydrogen) atoms. The Hall–Kier alpha value is -1.94. The van der Waals surface area contributed by atoms with Crippen LogP contribution in [0.15, 0.2) is 41.2 Å². The van der Waals surface area contributed by atoms with Crippen molar-refractivity contribution in [3.05, 3.63) is 63.8 Å². The summed E-state index contributed by atoms with van der Waals surface area (Å²) >= 11 is 0. The molecule has 1 aromatic carbocycles. The van der Waals surface area contributed by atoms with Crippen LogP contribution in [0, 0.1) is 12.3 Å². The van der Waals surface area contributed by atoms with Gasteiger partial charge in [-0.3, -0.25) is 9.69 Å². The molecule has 1 aliphatic rings. The lowest BCUT2D eigenvalue weighted by Crippen LogP contribution is -2.24. The highest BCUT2D eigenvalue weighted by atomic mass is 16.1. The van der Waals surface area contributed by atoms with Gasteiger partial charge in [0.25, 0.3) is 5.56 Å². The fourth-order valence-corrected chi connectivity index (χ4v) is 3.57. The van der Waals surface area contributed by atoms with Crippen LogP contribution in [0.25, 0.3) is 0 Å². The Morgan fingerprint density at radius 3 is 2.73 bits per heavy atom. The molecule has 0 aliphatic carbocycles. The highest BCUT2D eigenvalue weighted by Crippen LogP contribution is 2.42. The van der Waals surface area contributed by atoms with Gasteiger partial charge in [-0.1, -0.05) is 44.2 Å². The lowest BCUT2D eigenvalue weighted by atomic mass is 9.78. The van der Waals surface area contributed by atoms with Crippen LogP contribution < -0.4 is 5.56 Å². The summed E-state index contributed by atoms with van der Waals surface area (Å²) in [6.07, 6.45) is 0. The summed E-state index contributed by atoms with van der Waals surface area (Å²) < 4.78 is 0. The van der Waals surface area contributed by atoms with E-state index in [1.165, 1.54) is 5.56 Å². The fourth-order valence-electron chi connectivity index (χ4n) is 3.57. The van der Waals surface area contributed by atoms with Crippen LogP contribution >= 0.6 is 0 Å². The molecule has 0 spiro atoms. The SMILES string of the molecule is Cc1nc(CN2C[C@@H](c3ccccc3)C(C)(C)C2)cc(=O)[nH]1. The van der Waals surface area contributed by atoms with E-state index in [-0.39, 0.29) is 11.0 Å². The van der Waals surface area contributed by atoms with Crippen LogP contribution in [0.1, 0.15) is 36.8 Å². The van der Waals surface area contributed by atoms with Gasteiger partial charge in [-0.2, -0.15) is 0 Å². The molecule has 0 radical (unpaired) electrons. The van der Waals surface area contributed by atoms with Crippen LogP contribution in [-0.2, 0) is 6.54 Å². The minimum absolute atomic E-state index is 0.0689. The standard InChI is InChI=1S/C18H23N3O/c1-13-19-15(9-17(22)20-13)10-21-11-16(18(2,3)12-21)14-7-5-4-6-8-14/h4-9,16H,10-12H2,1-3H3,(H,19,20,22)/t16-/m0/s1. The van der Waals surface area contributed by atoms with Crippen molar-refractivity contribution in [2.45, 2.75) is 33.2 Å². The number of aromatic amines is 1. The van der Waals surface area contributed by atoms with E-state index < -0.39 is 0 Å². The smallest absolute Gasteiger partial charge is 0.251 e. The average molecular weight is 297 g/mol. The van der Waals surface area contributed by atoms with Crippen molar-refractivity contribution >= 4 is 0 Å². The zero-order valence-corrected chi connectivity index (χ0v) is 13.5. The maximum atomic E-state index is 11.6. The van der Waals surface area contributed by atoms with Crippen molar-refractivity contribution in [1.29, 1.82) is 0 Å². The Labute approximate surface area is 131 Å². The summed E-state index contributed by atoms with van der Waals surface area (Å²) in [5, 5.41) is 0. The molecule has 1 N–H and O–H groups in total. The second-order valence-corrected chi connectivity index (χ2v) is 6.94. The molecular formula is C18H23N3O. The maximum Gasteiger partial charge on any atom is 0.251 e. The Kier molecular flexibility index (Phi) is 3.87. The van der Waals surface area contributed by atoms with Crippen molar-refractivity contribution in [1.82, 2.24) is 14.9 Å². The van der Waals surface area contributed by atoms with Crippen LogP contribution in [0.2, 0.25) is 0 Å². The molecule has 2 heterocycles. The van der Waals surface area contributed by atoms with Crippen molar-refractivity contribution < 1.29 is 0 Å². The molecule has 1 fully saturated rings. The number of hydrogen-bond acceptors (Lipinski definition) is 3. The zero-order valence-electron chi connectivity index (χ0n) is 13.5. The fraction of sp³-hybridized carbons (Fsp3) is 0.444. The quantitative estimate of drug-likeness (QED) is 0.947. The maximum absolute atomic E-state index is 11.6. The molecule has 0 amide bonds. The van der Waals surface area contributed by atoms with Crippen LogP contribution in [-0.4, -0.2) is 28.0 Å². The lowest BCUT2D eigenvalue weighted by Gasteiger charge is -2.26. The Morgan fingerprint density at radius 2 is 2.05 bits per heavy atom. The van der Waals surface area contributed by atoms with Crippen LogP contribution in [0.5, 0.6) is 0 Å². The Balaban J connectivity index is 1.79. The number of nitrogens with one attached hydrogen (secondary N) is 1. The molecule has 4 heteroatoms. The minimum atomic E-state index is -0.0689. The van der Waals surface area contributed by atoms with Gasteiger partial charge < -0.3 is 4.98 Å². The van der Waals surface area contributed by atoms with E-state index >= 15 is 0 Å². The first-order chi connectivity index (χ1) is 10.4. The van der Waals surface area contributed by atoms with E-state index in [9.17, 15) is 4.79 Å². The number of aromatic nitrogens is 2. The molecule has 2 aromatic rings. The molecular weight excluding hydrogens is 274 g/mol. The van der Waals surface area contributed by atoms with Gasteiger partial charge in [0.1, 0.15) is 5.82 Å². The summed E-state index contributed by atoms with van der Waals surface area (Å²) in [4.78, 5) is 21.1. The number of benzene rings is 1. The van der Waals surface area contributed by atoms with Gasteiger partial charge in [0.05, 0.1) is 5.69 Å². The monoisotopic (exact) mass is 297 g/mol. The van der Waals surface area contributed by atoms with E-state index in [1.54, 1.807) is 6.07 Å². The third kappa shape index (κ3) is 3.12. The van der Waals surface area contributed by atoms with Crippen molar-refractivity contribution in [2.24, 2.45) is 5.41 Å². The van der Waals surface area contributed by atoms with Gasteiger partial charge in [0.15, 0.2) is 0 Å². The summed E-state index contributed by atoms with van der Waals surface area (Å²) in [5.41, 5.74) is 2.40. The van der Waals surface area contributed by atoms with Crippen molar-refractivity contribution in [3.63, 3.8) is 0 Å². The van der Waals surface area contributed by atoms with E-state index in [0.29, 0.717) is 11.7 Å². The molecule has 1 atom stereocenters. The first-order valence-electron chi connectivity index (χ1n) is 7.78. The Bertz CT molecular complexity index is 706. The van der Waals surface area contributed by atoms with Gasteiger partial charge in [-0.05, 0) is 17.9 Å². The molecule has 1 aromatic heterocycles. The third-order valence-corrected chi connectivity index (χ3v) is 4.52. The lowest BCUT2D eigenvalue weighted by molar-refractivity contribution is 0.279. The normalized spacial score (nSPS) is 21.1. The van der Waals surface area contributed by atoms with Crippen LogP contribution in [0.4, 0.5) is 0 Å². The van der Waals surface area contributed by atoms with Crippen molar-refractivity contribution in [2.75, 3.05) is 13.1 Å². The third-order valence-electron chi connectivity index (χ3n) is 4.52. The first-order valence-corrected chi connectivity index (χ1v) is 7.78. The van der Waals surface area contributed by atoms with E-state index in [4.69, 9.17) is 0 Å². The summed E-state index contributed by atoms with van der Waals surface area (Å²) in [6, 6.07) is 12.3. The topological polar surface area (TPSA) is 49.0 Å². The molecule has 1 aliphatic heterocycles. The van der Waals surface area contributed by atoms with E-state index in [1.807, 2.05) is 6.92 Å². The average Bonchev–Trinajstić information content (AvgIpc) is 2.73. The molecule has 1 saturated heterocycles. The molecule has 4 nitrogen and oxygen atoms in total. The number of likely N-dealkylation sites (tertiary alicyclic amines) is 1. The van der Waals surface area contributed by atoms with Gasteiger partial charge in [-0.15, -0.1) is 0 Å². The molecule has 0 saturated carbocycles. The second kappa shape index (κ2) is 5.69. The van der Waals surface area contributed by atoms with E-state index in [2.05, 4.69) is 59.0 Å². The summed E-state index contributed by atoms with van der Waals surface area (Å²) in [7, 11) is 0. The number of nitrogens with zero attached hydrogens (tertiary/aromatic N) is 2. The predicted octanol–water partition coefficient (Wildman–Crippen LogP) is 2.70. The summed E-state index contributed by atoms with van der Waals surface area (Å²) in [6.45, 7) is 9.22. The van der Waals surface area contributed by atoms with Crippen LogP contribution in [0.3, 0.4) is 0 Å². The Morgan fingerprint density at radius 1 is 1.32 bits per heavy atom. The minimum Gasteiger partial charge on any atom is -0.311 e. The second-order valence-electron chi connectivity index (χ2n) is 6.94. The molecule has 116 valence electrons. The van der Waals surface area contributed by atoms with Gasteiger partial charge in [0.2, 0.25) is 0 Å². The predicted molar refractivity (Wildman–Crippen MR) is 87.8 cm³/mol. The number of rotatable bonds is 3. The largest absolute Gasteiger partial charge is 0.311 e. The molecule has 0 unspecified atom stereocenters. The van der Waals surface area contributed by atoms with Gasteiger partial charge in [-0.25, -0.2) is 4.98 Å². The number of H-pyrrole nitrogens is 1. The first kappa shape index (κ1) is 15.0. The van der Waals surface area contributed by atoms with Crippen molar-refractivity contribution in [3.8, 4) is 0 Å². The number of aryl methyl sites for hydroxylation is 1. The summed E-state index contributed by atoms with van der Waals surface area (Å²) in [5.74, 6) is 1.19. The van der Waals surface area contributed by atoms with Gasteiger partial charge in [0, 0.05) is 31.6 Å². The van der Waals surface area contributed by atoms with Gasteiger partial charge >= 0.3 is 0 Å². The molecule has 3 rings (SSSR count). The zero-order chi connectivity index (χ0) is 15.7. The van der Waals surface area contributed by atoms with E-state index in [0.717, 1.165) is 25.3 Å². The highest BCUT2D eigenvalue weighted by molar-refractivity contribution is 5.24. The number of hydrogen-bond donors (Lipinski definition) is 1. The highest BCUT2D eigenvalue weighted by Gasteiger charge is 2.39.